The molecule has 2 aliphatic rings. The lowest BCUT2D eigenvalue weighted by Crippen LogP contribution is -2.39. The number of hydrogen-bond acceptors (Lipinski definition) is 2. The van der Waals surface area contributed by atoms with Crippen LogP contribution >= 0.6 is 0 Å². The van der Waals surface area contributed by atoms with Crippen LogP contribution in [0, 0.1) is 11.8 Å². The van der Waals surface area contributed by atoms with Crippen LogP contribution in [-0.2, 0) is 0 Å². The van der Waals surface area contributed by atoms with Crippen LogP contribution in [0.25, 0.3) is 0 Å². The van der Waals surface area contributed by atoms with Crippen molar-refractivity contribution in [1.29, 1.82) is 0 Å². The number of hydrazine groups is 1. The monoisotopic (exact) mass is 140 g/mol. The van der Waals surface area contributed by atoms with Gasteiger partial charge < -0.3 is 0 Å². The lowest BCUT2D eigenvalue weighted by molar-refractivity contribution is 0.230. The number of fused-ring (bicyclic) bond motifs is 1. The lowest BCUT2D eigenvalue weighted by atomic mass is 10.2. The van der Waals surface area contributed by atoms with Crippen LogP contribution in [0.1, 0.15) is 19.3 Å². The van der Waals surface area contributed by atoms with Crippen molar-refractivity contribution in [3.63, 3.8) is 0 Å². The van der Waals surface area contributed by atoms with E-state index in [0.717, 1.165) is 17.9 Å². The molecule has 0 saturated heterocycles. The Kier molecular flexibility index (Phi) is 1.46. The van der Waals surface area contributed by atoms with E-state index < -0.39 is 0 Å². The molecule has 0 aromatic rings. The van der Waals surface area contributed by atoms with Crippen LogP contribution in [-0.4, -0.2) is 25.1 Å². The van der Waals surface area contributed by atoms with Gasteiger partial charge >= 0.3 is 0 Å². The molecule has 2 aliphatic carbocycles. The molecule has 0 spiro atoms. The Morgan fingerprint density at radius 2 is 2.10 bits per heavy atom. The second-order valence-corrected chi connectivity index (χ2v) is 3.87. The summed E-state index contributed by atoms with van der Waals surface area (Å²) in [6.07, 6.45) is 4.36. The van der Waals surface area contributed by atoms with E-state index in [9.17, 15) is 0 Å². The van der Waals surface area contributed by atoms with Crippen molar-refractivity contribution in [2.75, 3.05) is 14.1 Å². The fraction of sp³-hybridized carbons (Fsp3) is 1.00. The van der Waals surface area contributed by atoms with Gasteiger partial charge in [0.1, 0.15) is 0 Å². The van der Waals surface area contributed by atoms with Crippen molar-refractivity contribution < 1.29 is 0 Å². The molecule has 2 saturated carbocycles. The van der Waals surface area contributed by atoms with Crippen molar-refractivity contribution in [1.82, 2.24) is 10.4 Å². The first-order valence-corrected chi connectivity index (χ1v) is 4.21. The minimum atomic E-state index is 0.806. The van der Waals surface area contributed by atoms with E-state index in [1.54, 1.807) is 0 Å². The molecule has 2 fully saturated rings. The third-order valence-electron chi connectivity index (χ3n) is 2.77. The summed E-state index contributed by atoms with van der Waals surface area (Å²) in [5, 5.41) is 2.09. The molecule has 2 rings (SSSR count). The van der Waals surface area contributed by atoms with Crippen molar-refractivity contribution in [3.05, 3.63) is 0 Å². The van der Waals surface area contributed by atoms with E-state index in [2.05, 4.69) is 24.5 Å². The van der Waals surface area contributed by atoms with Gasteiger partial charge in [0.15, 0.2) is 0 Å². The van der Waals surface area contributed by atoms with Crippen molar-refractivity contribution in [2.24, 2.45) is 11.8 Å². The van der Waals surface area contributed by atoms with Crippen molar-refractivity contribution in [2.45, 2.75) is 25.3 Å². The van der Waals surface area contributed by atoms with E-state index in [1.807, 2.05) is 0 Å². The molecular weight excluding hydrogens is 124 g/mol. The number of rotatable bonds is 2. The predicted octanol–water partition coefficient (Wildman–Crippen LogP) is 0.851. The van der Waals surface area contributed by atoms with Gasteiger partial charge in [-0.1, -0.05) is 0 Å². The fourth-order valence-electron chi connectivity index (χ4n) is 2.20. The normalized spacial score (nSPS) is 44.1. The van der Waals surface area contributed by atoms with Gasteiger partial charge in [-0.05, 0) is 31.1 Å². The zero-order valence-corrected chi connectivity index (χ0v) is 6.80. The molecule has 1 unspecified atom stereocenters. The zero-order valence-electron chi connectivity index (χ0n) is 6.80. The predicted molar refractivity (Wildman–Crippen MR) is 41.4 cm³/mol. The summed E-state index contributed by atoms with van der Waals surface area (Å²) in [6, 6.07) is 0.806. The van der Waals surface area contributed by atoms with Gasteiger partial charge in [-0.15, -0.1) is 0 Å². The maximum atomic E-state index is 3.47. The van der Waals surface area contributed by atoms with Gasteiger partial charge in [-0.3, -0.25) is 10.4 Å². The second-order valence-electron chi connectivity index (χ2n) is 3.87. The molecule has 10 heavy (non-hydrogen) atoms. The molecule has 3 atom stereocenters. The molecule has 2 heteroatoms. The van der Waals surface area contributed by atoms with Gasteiger partial charge in [0.05, 0.1) is 0 Å². The minimum absolute atomic E-state index is 0.806. The molecule has 1 N–H and O–H groups in total. The average Bonchev–Trinajstić information content (AvgIpc) is 2.52. The largest absolute Gasteiger partial charge is 0.252 e. The van der Waals surface area contributed by atoms with Gasteiger partial charge in [-0.2, -0.15) is 0 Å². The van der Waals surface area contributed by atoms with Crippen molar-refractivity contribution >= 4 is 0 Å². The molecule has 0 aliphatic heterocycles. The minimum Gasteiger partial charge on any atom is -0.252 e. The van der Waals surface area contributed by atoms with Gasteiger partial charge in [0, 0.05) is 20.1 Å². The summed E-state index contributed by atoms with van der Waals surface area (Å²) in [6.45, 7) is 0. The van der Waals surface area contributed by atoms with Crippen LogP contribution in [0.15, 0.2) is 0 Å². The molecule has 0 aromatic heterocycles. The fourth-order valence-corrected chi connectivity index (χ4v) is 2.20. The summed E-state index contributed by atoms with van der Waals surface area (Å²) in [4.78, 5) is 0. The highest BCUT2D eigenvalue weighted by Crippen LogP contribution is 2.51. The lowest BCUT2D eigenvalue weighted by Gasteiger charge is -2.19. The van der Waals surface area contributed by atoms with Crippen LogP contribution in [0.4, 0.5) is 0 Å². The molecular formula is C8H16N2. The van der Waals surface area contributed by atoms with Gasteiger partial charge in [0.25, 0.3) is 0 Å². The smallest absolute Gasteiger partial charge is 0.0246 e. The summed E-state index contributed by atoms with van der Waals surface area (Å²) in [5.41, 5.74) is 3.47. The first kappa shape index (κ1) is 6.62. The second kappa shape index (κ2) is 2.21. The maximum Gasteiger partial charge on any atom is 0.0246 e. The Hall–Kier alpha value is -0.0800. The quantitative estimate of drug-likeness (QED) is 0.572. The Morgan fingerprint density at radius 1 is 1.30 bits per heavy atom. The summed E-state index contributed by atoms with van der Waals surface area (Å²) in [7, 11) is 4.16. The van der Waals surface area contributed by atoms with E-state index >= 15 is 0 Å². The van der Waals surface area contributed by atoms with Crippen LogP contribution in [0.5, 0.6) is 0 Å². The Balaban J connectivity index is 1.82. The third-order valence-corrected chi connectivity index (χ3v) is 2.77. The summed E-state index contributed by atoms with van der Waals surface area (Å²) < 4.78 is 0. The highest BCUT2D eigenvalue weighted by molar-refractivity contribution is 5.00. The number of hydrogen-bond donors (Lipinski definition) is 1. The van der Waals surface area contributed by atoms with E-state index in [4.69, 9.17) is 0 Å². The third kappa shape index (κ3) is 1.06. The van der Waals surface area contributed by atoms with E-state index in [1.165, 1.54) is 19.3 Å². The number of nitrogens with one attached hydrogen (secondary N) is 1. The van der Waals surface area contributed by atoms with Crippen molar-refractivity contribution in [3.8, 4) is 0 Å². The first-order chi connectivity index (χ1) is 4.77. The molecule has 0 aromatic carbocycles. The molecule has 0 bridgehead atoms. The summed E-state index contributed by atoms with van der Waals surface area (Å²) >= 11 is 0. The van der Waals surface area contributed by atoms with Gasteiger partial charge in [0.2, 0.25) is 0 Å². The molecule has 58 valence electrons. The Bertz CT molecular complexity index is 133. The maximum absolute atomic E-state index is 3.47. The average molecular weight is 140 g/mol. The molecule has 0 heterocycles. The number of nitrogens with zero attached hydrogens (tertiary/aromatic N) is 1. The zero-order chi connectivity index (χ0) is 7.14. The molecule has 0 radical (unpaired) electrons. The van der Waals surface area contributed by atoms with Gasteiger partial charge in [-0.25, -0.2) is 0 Å². The van der Waals surface area contributed by atoms with E-state index in [-0.39, 0.29) is 0 Å². The van der Waals surface area contributed by atoms with E-state index in [0.29, 0.717) is 0 Å². The van der Waals surface area contributed by atoms with Crippen LogP contribution < -0.4 is 5.43 Å². The first-order valence-electron chi connectivity index (χ1n) is 4.21. The highest BCUT2D eigenvalue weighted by atomic mass is 15.5. The highest BCUT2D eigenvalue weighted by Gasteiger charge is 2.47. The standard InChI is InChI=1S/C8H16N2/c1-10(2)9-8-4-3-6-5-7(6)8/h6-9H,3-5H2,1-2H3/t6-,7+,8?/m1/s1. The SMILES string of the molecule is CN(C)NC1CC[C@@H]2C[C@H]12. The van der Waals surface area contributed by atoms with Crippen LogP contribution in [0.3, 0.4) is 0 Å². The van der Waals surface area contributed by atoms with Crippen LogP contribution in [0.2, 0.25) is 0 Å². The Morgan fingerprint density at radius 3 is 2.50 bits per heavy atom. The Labute approximate surface area is 62.6 Å². The molecule has 2 nitrogen and oxygen atoms in total. The summed E-state index contributed by atoms with van der Waals surface area (Å²) in [5.74, 6) is 2.12. The molecule has 0 amide bonds. The topological polar surface area (TPSA) is 15.3 Å².